The molecule has 1 aromatic carbocycles. The van der Waals surface area contributed by atoms with Gasteiger partial charge in [0.1, 0.15) is 11.5 Å². The van der Waals surface area contributed by atoms with Gasteiger partial charge in [-0.2, -0.15) is 0 Å². The Morgan fingerprint density at radius 1 is 1.03 bits per heavy atom. The van der Waals surface area contributed by atoms with Gasteiger partial charge in [-0.05, 0) is 52.5 Å². The predicted octanol–water partition coefficient (Wildman–Crippen LogP) is 4.11. The third-order valence-corrected chi connectivity index (χ3v) is 6.70. The van der Waals surface area contributed by atoms with Gasteiger partial charge in [0.2, 0.25) is 0 Å². The number of halogens is 1. The van der Waals surface area contributed by atoms with Gasteiger partial charge in [0.25, 0.3) is 0 Å². The Hall–Kier alpha value is -1.42. The lowest BCUT2D eigenvalue weighted by Gasteiger charge is -2.35. The fourth-order valence-electron chi connectivity index (χ4n) is 4.72. The van der Waals surface area contributed by atoms with E-state index in [2.05, 4.69) is 46.4 Å². The lowest BCUT2D eigenvalue weighted by molar-refractivity contribution is 0.160. The van der Waals surface area contributed by atoms with Crippen molar-refractivity contribution in [2.24, 2.45) is 4.99 Å². The fourth-order valence-corrected chi connectivity index (χ4v) is 4.72. The van der Waals surface area contributed by atoms with Gasteiger partial charge in [-0.3, -0.25) is 4.99 Å². The van der Waals surface area contributed by atoms with E-state index in [9.17, 15) is 0 Å². The Morgan fingerprint density at radius 3 is 2.33 bits per heavy atom. The number of methoxy groups -OCH3 is 2. The van der Waals surface area contributed by atoms with E-state index < -0.39 is 0 Å². The average molecular weight is 574 g/mol. The van der Waals surface area contributed by atoms with Crippen LogP contribution in [0.3, 0.4) is 0 Å². The van der Waals surface area contributed by atoms with Gasteiger partial charge < -0.3 is 29.9 Å². The number of hydrogen-bond donors (Lipinski definition) is 2. The van der Waals surface area contributed by atoms with Crippen LogP contribution in [0.2, 0.25) is 0 Å². The van der Waals surface area contributed by atoms with Crippen molar-refractivity contribution in [2.75, 3.05) is 58.4 Å². The zero-order valence-corrected chi connectivity index (χ0v) is 23.3. The minimum Gasteiger partial charge on any atom is -0.497 e. The summed E-state index contributed by atoms with van der Waals surface area (Å²) in [5, 5.41) is 7.10. The highest BCUT2D eigenvalue weighted by molar-refractivity contribution is 14.0. The smallest absolute Gasteiger partial charge is 0.191 e. The summed E-state index contributed by atoms with van der Waals surface area (Å²) < 4.78 is 10.9. The summed E-state index contributed by atoms with van der Waals surface area (Å²) in [6, 6.07) is 7.27. The molecule has 2 aliphatic heterocycles. The van der Waals surface area contributed by atoms with Crippen molar-refractivity contribution in [3.63, 3.8) is 0 Å². The SMILES string of the molecule is CCNC(=NCCCN1CCCCC1C)NC1CCN(c2cc(OC)cc(OC)c2)CC1.I. The molecule has 33 heavy (non-hydrogen) atoms. The van der Waals surface area contributed by atoms with Gasteiger partial charge in [-0.15, -0.1) is 24.0 Å². The third-order valence-electron chi connectivity index (χ3n) is 6.70. The van der Waals surface area contributed by atoms with E-state index in [0.29, 0.717) is 6.04 Å². The number of ether oxygens (including phenoxy) is 2. The van der Waals surface area contributed by atoms with E-state index in [1.54, 1.807) is 14.2 Å². The van der Waals surface area contributed by atoms with Crippen molar-refractivity contribution in [1.82, 2.24) is 15.5 Å². The zero-order chi connectivity index (χ0) is 22.8. The van der Waals surface area contributed by atoms with Crippen LogP contribution in [-0.2, 0) is 0 Å². The largest absolute Gasteiger partial charge is 0.497 e. The summed E-state index contributed by atoms with van der Waals surface area (Å²) in [5.74, 6) is 2.63. The maximum atomic E-state index is 5.43. The number of likely N-dealkylation sites (tertiary alicyclic amines) is 1. The lowest BCUT2D eigenvalue weighted by Crippen LogP contribution is -2.48. The van der Waals surface area contributed by atoms with Crippen LogP contribution < -0.4 is 25.0 Å². The zero-order valence-electron chi connectivity index (χ0n) is 20.9. The second-order valence-electron chi connectivity index (χ2n) is 8.97. The van der Waals surface area contributed by atoms with Crippen molar-refractivity contribution in [1.29, 1.82) is 0 Å². The van der Waals surface area contributed by atoms with Gasteiger partial charge in [0.15, 0.2) is 5.96 Å². The molecule has 1 unspecified atom stereocenters. The first-order chi connectivity index (χ1) is 15.6. The number of benzene rings is 1. The highest BCUT2D eigenvalue weighted by atomic mass is 127. The molecule has 0 radical (unpaired) electrons. The molecule has 2 N–H and O–H groups in total. The fraction of sp³-hybridized carbons (Fsp3) is 0.720. The Bertz CT molecular complexity index is 702. The van der Waals surface area contributed by atoms with Crippen LogP contribution in [0.5, 0.6) is 11.5 Å². The first kappa shape index (κ1) is 27.8. The molecule has 1 aromatic rings. The Labute approximate surface area is 217 Å². The molecule has 1 atom stereocenters. The van der Waals surface area contributed by atoms with Crippen molar-refractivity contribution in [3.8, 4) is 11.5 Å². The molecule has 0 saturated carbocycles. The first-order valence-corrected chi connectivity index (χ1v) is 12.4. The van der Waals surface area contributed by atoms with Crippen LogP contribution in [0.1, 0.15) is 52.4 Å². The van der Waals surface area contributed by atoms with Crippen molar-refractivity contribution in [2.45, 2.75) is 64.5 Å². The molecule has 2 fully saturated rings. The highest BCUT2D eigenvalue weighted by Crippen LogP contribution is 2.30. The number of hydrogen-bond acceptors (Lipinski definition) is 5. The van der Waals surface area contributed by atoms with Crippen LogP contribution in [0.4, 0.5) is 5.69 Å². The molecule has 7 nitrogen and oxygen atoms in total. The molecular formula is C25H44IN5O2. The topological polar surface area (TPSA) is 61.4 Å². The summed E-state index contributed by atoms with van der Waals surface area (Å²) in [4.78, 5) is 9.90. The molecule has 0 spiro atoms. The van der Waals surface area contributed by atoms with E-state index in [-0.39, 0.29) is 24.0 Å². The lowest BCUT2D eigenvalue weighted by atomic mass is 10.0. The summed E-state index contributed by atoms with van der Waals surface area (Å²) >= 11 is 0. The predicted molar refractivity (Wildman–Crippen MR) is 149 cm³/mol. The van der Waals surface area contributed by atoms with Crippen molar-refractivity contribution < 1.29 is 9.47 Å². The first-order valence-electron chi connectivity index (χ1n) is 12.4. The van der Waals surface area contributed by atoms with Gasteiger partial charge in [0, 0.05) is 68.7 Å². The summed E-state index contributed by atoms with van der Waals surface area (Å²) in [5.41, 5.74) is 1.16. The average Bonchev–Trinajstić information content (AvgIpc) is 2.83. The Kier molecular flexibility index (Phi) is 12.4. The molecule has 3 rings (SSSR count). The number of nitrogens with one attached hydrogen (secondary N) is 2. The normalized spacial score (nSPS) is 20.2. The Morgan fingerprint density at radius 2 is 1.73 bits per heavy atom. The second kappa shape index (κ2) is 14.8. The number of anilines is 1. The van der Waals surface area contributed by atoms with Gasteiger partial charge in [0.05, 0.1) is 14.2 Å². The van der Waals surface area contributed by atoms with Crippen LogP contribution in [0, 0.1) is 0 Å². The highest BCUT2D eigenvalue weighted by Gasteiger charge is 2.21. The molecular weight excluding hydrogens is 529 g/mol. The molecule has 0 aromatic heterocycles. The Balaban J connectivity index is 0.00000385. The summed E-state index contributed by atoms with van der Waals surface area (Å²) in [6.45, 7) is 10.7. The van der Waals surface area contributed by atoms with Crippen LogP contribution >= 0.6 is 24.0 Å². The maximum Gasteiger partial charge on any atom is 0.191 e. The quantitative estimate of drug-likeness (QED) is 0.201. The van der Waals surface area contributed by atoms with Crippen LogP contribution in [0.25, 0.3) is 0 Å². The van der Waals surface area contributed by atoms with E-state index >= 15 is 0 Å². The minimum atomic E-state index is 0. The molecule has 188 valence electrons. The van der Waals surface area contributed by atoms with Gasteiger partial charge >= 0.3 is 0 Å². The van der Waals surface area contributed by atoms with Gasteiger partial charge in [-0.25, -0.2) is 0 Å². The maximum absolute atomic E-state index is 5.43. The van der Waals surface area contributed by atoms with Crippen molar-refractivity contribution in [3.05, 3.63) is 18.2 Å². The molecule has 0 amide bonds. The summed E-state index contributed by atoms with van der Waals surface area (Å²) in [7, 11) is 3.40. The molecule has 0 bridgehead atoms. The summed E-state index contributed by atoms with van der Waals surface area (Å²) in [6.07, 6.45) is 7.35. The number of aliphatic imine (C=N–C) groups is 1. The number of piperidine rings is 2. The standard InChI is InChI=1S/C25H43N5O2.HI/c1-5-26-25(27-12-8-14-29-13-7-6-9-20(29)2)28-21-10-15-30(16-11-21)22-17-23(31-3)19-24(18-22)32-4;/h17-21H,5-16H2,1-4H3,(H2,26,27,28);1H. The molecule has 2 saturated heterocycles. The van der Waals surface area contributed by atoms with Gasteiger partial charge in [-0.1, -0.05) is 6.42 Å². The van der Waals surface area contributed by atoms with E-state index in [4.69, 9.17) is 14.5 Å². The van der Waals surface area contributed by atoms with Crippen LogP contribution in [0.15, 0.2) is 23.2 Å². The second-order valence-corrected chi connectivity index (χ2v) is 8.97. The molecule has 8 heteroatoms. The molecule has 2 heterocycles. The molecule has 2 aliphatic rings. The minimum absolute atomic E-state index is 0. The van der Waals surface area contributed by atoms with E-state index in [1.165, 1.54) is 25.8 Å². The third kappa shape index (κ3) is 8.70. The molecule has 0 aliphatic carbocycles. The number of rotatable bonds is 9. The van der Waals surface area contributed by atoms with E-state index in [0.717, 1.165) is 81.2 Å². The van der Waals surface area contributed by atoms with Crippen molar-refractivity contribution >= 4 is 35.6 Å². The number of nitrogens with zero attached hydrogens (tertiary/aromatic N) is 3. The number of guanidine groups is 1. The van der Waals surface area contributed by atoms with E-state index in [1.807, 2.05) is 6.07 Å². The monoisotopic (exact) mass is 573 g/mol. The van der Waals surface area contributed by atoms with Crippen LogP contribution in [-0.4, -0.2) is 76.4 Å².